The quantitative estimate of drug-likeness (QED) is 0.793. The van der Waals surface area contributed by atoms with Crippen LogP contribution in [0.4, 0.5) is 0 Å². The number of rotatable bonds is 5. The van der Waals surface area contributed by atoms with Crippen molar-refractivity contribution in [3.05, 3.63) is 46.8 Å². The molecule has 27 heavy (non-hydrogen) atoms. The van der Waals surface area contributed by atoms with Gasteiger partial charge in [0.1, 0.15) is 5.75 Å². The van der Waals surface area contributed by atoms with E-state index in [0.717, 1.165) is 13.1 Å². The van der Waals surface area contributed by atoms with Crippen LogP contribution < -0.4 is 10.1 Å². The minimum Gasteiger partial charge on any atom is -0.447 e. The molecule has 4 heterocycles. The zero-order valence-electron chi connectivity index (χ0n) is 15.6. The second kappa shape index (κ2) is 7.44. The van der Waals surface area contributed by atoms with E-state index in [-0.39, 0.29) is 17.7 Å². The number of ketones is 1. The van der Waals surface area contributed by atoms with E-state index in [1.54, 1.807) is 24.3 Å². The lowest BCUT2D eigenvalue weighted by molar-refractivity contribution is 0.0218. The summed E-state index contributed by atoms with van der Waals surface area (Å²) in [6.07, 6.45) is 2.34. The van der Waals surface area contributed by atoms with Gasteiger partial charge in [0.2, 0.25) is 0 Å². The van der Waals surface area contributed by atoms with Crippen molar-refractivity contribution in [3.8, 4) is 10.8 Å². The Morgan fingerprint density at radius 3 is 2.44 bits per heavy atom. The highest BCUT2D eigenvalue weighted by molar-refractivity contribution is 7.15. The third-order valence-electron chi connectivity index (χ3n) is 5.76. The van der Waals surface area contributed by atoms with Gasteiger partial charge in [-0.15, -0.1) is 0 Å². The molecule has 0 aliphatic carbocycles. The van der Waals surface area contributed by atoms with Crippen molar-refractivity contribution >= 4 is 23.0 Å². The molecule has 0 spiro atoms. The Hall–Kier alpha value is -2.18. The maximum absolute atomic E-state index is 12.7. The summed E-state index contributed by atoms with van der Waals surface area (Å²) in [4.78, 5) is 27.2. The lowest BCUT2D eigenvalue weighted by Crippen LogP contribution is -2.62. The van der Waals surface area contributed by atoms with Crippen molar-refractivity contribution in [3.63, 3.8) is 0 Å². The fraction of sp³-hybridized carbons (Fsp3) is 0.429. The number of nitrogens with one attached hydrogen (secondary N) is 1. The van der Waals surface area contributed by atoms with Crippen LogP contribution in [0.25, 0.3) is 0 Å². The molecule has 0 unspecified atom stereocenters. The molecule has 1 amide bonds. The Morgan fingerprint density at radius 2 is 1.81 bits per heavy atom. The maximum atomic E-state index is 12.7. The predicted molar refractivity (Wildman–Crippen MR) is 106 cm³/mol. The molecule has 2 bridgehead atoms. The smallest absolute Gasteiger partial charge is 0.261 e. The van der Waals surface area contributed by atoms with Gasteiger partial charge in [-0.25, -0.2) is 0 Å². The van der Waals surface area contributed by atoms with E-state index in [1.807, 2.05) is 12.1 Å². The van der Waals surface area contributed by atoms with Crippen molar-refractivity contribution in [1.82, 2.24) is 10.2 Å². The Balaban J connectivity index is 1.40. The van der Waals surface area contributed by atoms with Gasteiger partial charge in [0.05, 0.1) is 4.88 Å². The summed E-state index contributed by atoms with van der Waals surface area (Å²) >= 11 is 1.34. The van der Waals surface area contributed by atoms with Crippen LogP contribution in [0.3, 0.4) is 0 Å². The highest BCUT2D eigenvalue weighted by Crippen LogP contribution is 2.33. The van der Waals surface area contributed by atoms with Gasteiger partial charge in [0.25, 0.3) is 5.91 Å². The zero-order valence-corrected chi connectivity index (χ0v) is 16.4. The van der Waals surface area contributed by atoms with Crippen LogP contribution in [0.15, 0.2) is 36.4 Å². The molecule has 6 heteroatoms. The molecule has 3 fully saturated rings. The SMILES string of the molecule is CC(=O)c1ccc(Oc2ccc(C(=O)N[C@@H]3C4CCN(CC4)[C@H]3C)s2)cc1. The van der Waals surface area contributed by atoms with E-state index in [0.29, 0.717) is 33.2 Å². The Bertz CT molecular complexity index is 835. The van der Waals surface area contributed by atoms with Crippen molar-refractivity contribution in [2.75, 3.05) is 13.1 Å². The lowest BCUT2D eigenvalue weighted by atomic mass is 9.79. The van der Waals surface area contributed by atoms with Gasteiger partial charge < -0.3 is 10.1 Å². The molecule has 5 rings (SSSR count). The topological polar surface area (TPSA) is 58.6 Å². The van der Waals surface area contributed by atoms with Gasteiger partial charge in [0.15, 0.2) is 10.8 Å². The van der Waals surface area contributed by atoms with E-state index in [1.165, 1.54) is 31.1 Å². The molecule has 0 saturated carbocycles. The number of hydrogen-bond acceptors (Lipinski definition) is 5. The predicted octanol–water partition coefficient (Wildman–Crippen LogP) is 3.96. The Morgan fingerprint density at radius 1 is 1.11 bits per heavy atom. The number of nitrogens with zero attached hydrogens (tertiary/aromatic N) is 1. The molecule has 2 atom stereocenters. The third-order valence-corrected chi connectivity index (χ3v) is 6.72. The molecule has 1 aromatic carbocycles. The van der Waals surface area contributed by atoms with E-state index < -0.39 is 0 Å². The number of piperidine rings is 3. The number of carbonyl (C=O) groups is 2. The highest BCUT2D eigenvalue weighted by atomic mass is 32.1. The van der Waals surface area contributed by atoms with Crippen LogP contribution in [0.5, 0.6) is 10.8 Å². The van der Waals surface area contributed by atoms with Gasteiger partial charge >= 0.3 is 0 Å². The minimum absolute atomic E-state index is 0.0209. The fourth-order valence-electron chi connectivity index (χ4n) is 4.14. The average molecular weight is 385 g/mol. The standard InChI is InChI=1S/C21H24N2O3S/c1-13-20(16-9-11-23(13)12-10-16)22-21(25)18-7-8-19(27-18)26-17-5-3-15(4-6-17)14(2)24/h3-8,13,16,20H,9-12H2,1-2H3,(H,22,25)/t13-,20-/m0/s1. The molecule has 3 aliphatic rings. The van der Waals surface area contributed by atoms with Crippen molar-refractivity contribution in [2.24, 2.45) is 5.92 Å². The van der Waals surface area contributed by atoms with Crippen LogP contribution in [0.2, 0.25) is 0 Å². The number of carbonyl (C=O) groups excluding carboxylic acids is 2. The molecule has 142 valence electrons. The number of hydrogen-bond donors (Lipinski definition) is 1. The summed E-state index contributed by atoms with van der Waals surface area (Å²) in [6.45, 7) is 6.05. The highest BCUT2D eigenvalue weighted by Gasteiger charge is 2.40. The average Bonchev–Trinajstić information content (AvgIpc) is 3.14. The van der Waals surface area contributed by atoms with Crippen LogP contribution in [0.1, 0.15) is 46.7 Å². The zero-order chi connectivity index (χ0) is 19.0. The Labute approximate surface area is 163 Å². The monoisotopic (exact) mass is 384 g/mol. The number of ether oxygens (including phenoxy) is 1. The number of fused-ring (bicyclic) bond motifs is 3. The number of benzene rings is 1. The molecule has 2 aromatic rings. The summed E-state index contributed by atoms with van der Waals surface area (Å²) < 4.78 is 5.82. The van der Waals surface area contributed by atoms with Crippen molar-refractivity contribution in [1.29, 1.82) is 0 Å². The first-order chi connectivity index (χ1) is 13.0. The van der Waals surface area contributed by atoms with Crippen molar-refractivity contribution < 1.29 is 14.3 Å². The first kappa shape index (κ1) is 18.2. The molecule has 1 aromatic heterocycles. The first-order valence-electron chi connectivity index (χ1n) is 9.45. The van der Waals surface area contributed by atoms with Crippen LogP contribution in [-0.4, -0.2) is 41.8 Å². The van der Waals surface area contributed by atoms with E-state index in [2.05, 4.69) is 17.1 Å². The van der Waals surface area contributed by atoms with Gasteiger partial charge in [-0.2, -0.15) is 0 Å². The summed E-state index contributed by atoms with van der Waals surface area (Å²) in [5.74, 6) is 1.25. The van der Waals surface area contributed by atoms with E-state index in [4.69, 9.17) is 4.74 Å². The Kier molecular flexibility index (Phi) is 5.02. The minimum atomic E-state index is -0.0209. The van der Waals surface area contributed by atoms with Crippen molar-refractivity contribution in [2.45, 2.75) is 38.8 Å². The second-order valence-corrected chi connectivity index (χ2v) is 8.46. The van der Waals surface area contributed by atoms with Gasteiger partial charge in [-0.05, 0) is 82.1 Å². The van der Waals surface area contributed by atoms with E-state index in [9.17, 15) is 9.59 Å². The molecule has 3 aliphatic heterocycles. The summed E-state index contributed by atoms with van der Waals surface area (Å²) in [5, 5.41) is 3.91. The largest absolute Gasteiger partial charge is 0.447 e. The van der Waals surface area contributed by atoms with Crippen LogP contribution in [0, 0.1) is 5.92 Å². The number of amides is 1. The fourth-order valence-corrected chi connectivity index (χ4v) is 4.92. The lowest BCUT2D eigenvalue weighted by Gasteiger charge is -2.49. The summed E-state index contributed by atoms with van der Waals surface area (Å²) in [6, 6.07) is 11.3. The van der Waals surface area contributed by atoms with Crippen LogP contribution >= 0.6 is 11.3 Å². The summed E-state index contributed by atoms with van der Waals surface area (Å²) in [7, 11) is 0. The first-order valence-corrected chi connectivity index (χ1v) is 10.3. The molecule has 1 N–H and O–H groups in total. The second-order valence-electron chi connectivity index (χ2n) is 7.41. The third kappa shape index (κ3) is 3.77. The summed E-state index contributed by atoms with van der Waals surface area (Å²) in [5.41, 5.74) is 0.653. The van der Waals surface area contributed by atoms with Gasteiger partial charge in [-0.3, -0.25) is 14.5 Å². The maximum Gasteiger partial charge on any atom is 0.261 e. The molecule has 3 saturated heterocycles. The molecule has 0 radical (unpaired) electrons. The molecular formula is C21H24N2O3S. The van der Waals surface area contributed by atoms with Gasteiger partial charge in [-0.1, -0.05) is 11.3 Å². The molecular weight excluding hydrogens is 360 g/mol. The van der Waals surface area contributed by atoms with E-state index >= 15 is 0 Å². The normalized spacial score (nSPS) is 26.6. The number of Topliss-reactive ketones (excluding diaryl/α,β-unsaturated/α-hetero) is 1. The van der Waals surface area contributed by atoms with Gasteiger partial charge in [0, 0.05) is 17.6 Å². The van der Waals surface area contributed by atoms with Crippen LogP contribution in [-0.2, 0) is 0 Å². The number of thiophene rings is 1. The molecule has 5 nitrogen and oxygen atoms in total.